The summed E-state index contributed by atoms with van der Waals surface area (Å²) in [7, 11) is 3.63. The summed E-state index contributed by atoms with van der Waals surface area (Å²) < 4.78 is 30.4. The number of fused-ring (bicyclic) bond motifs is 2. The van der Waals surface area contributed by atoms with Crippen LogP contribution in [-0.2, 0) is 56.0 Å². The number of halogens is 1. The van der Waals surface area contributed by atoms with E-state index < -0.39 is 5.82 Å². The number of amides is 3. The molecule has 16 heteroatoms. The van der Waals surface area contributed by atoms with Gasteiger partial charge in [0.2, 0.25) is 5.91 Å². The lowest BCUT2D eigenvalue weighted by Crippen LogP contribution is -2.50. The summed E-state index contributed by atoms with van der Waals surface area (Å²) in [6, 6.07) is 28.3. The van der Waals surface area contributed by atoms with E-state index in [0.29, 0.717) is 115 Å². The number of carbonyl (C=O) groups is 3. The maximum atomic E-state index is 15.5. The van der Waals surface area contributed by atoms with Gasteiger partial charge in [0.05, 0.1) is 36.9 Å². The largest absolute Gasteiger partial charge is 0.508 e. The predicted octanol–water partition coefficient (Wildman–Crippen LogP) is 6.21. The third kappa shape index (κ3) is 9.53. The standard InChI is InChI=1S/C54H58FN9O6/c1-34-46(54(68)64(41-10-12-44(65)13-11-41)50-27-42(30-56)59(3)35(50)2)29-51(60(34)4)47-24-37-15-16-62(52(66)26-38-9-14-45(28-49(38)55)70-22-19-61-17-20-69-21-18-61)32-40(37)25-48(47)53(67)63-33-39-8-6-5-7-36(39)23-43(63)31-58-57/h5-14,24-25,27-29,43,58,65H,15-23,26,31-33,57H2,1-4H3/t43-/m0/s1. The lowest BCUT2D eigenvalue weighted by atomic mass is 9.89. The number of ether oxygens (including phenoxy) is 2. The van der Waals surface area contributed by atoms with E-state index in [0.717, 1.165) is 35.3 Å². The molecule has 70 heavy (non-hydrogen) atoms. The van der Waals surface area contributed by atoms with Crippen LogP contribution in [0.3, 0.4) is 0 Å². The van der Waals surface area contributed by atoms with Crippen molar-refractivity contribution in [1.82, 2.24) is 29.3 Å². The van der Waals surface area contributed by atoms with Crippen molar-refractivity contribution in [3.8, 4) is 28.8 Å². The molecule has 6 aromatic rings. The molecule has 4 N–H and O–H groups in total. The Morgan fingerprint density at radius 3 is 2.36 bits per heavy atom. The summed E-state index contributed by atoms with van der Waals surface area (Å²) in [4.78, 5) is 51.8. The van der Waals surface area contributed by atoms with Crippen molar-refractivity contribution >= 4 is 29.1 Å². The van der Waals surface area contributed by atoms with Gasteiger partial charge in [-0.2, -0.15) is 5.26 Å². The molecule has 3 amide bonds. The molecular formula is C54H58FN9O6. The first kappa shape index (κ1) is 47.8. The first-order valence-electron chi connectivity index (χ1n) is 23.7. The molecule has 15 nitrogen and oxygen atoms in total. The maximum Gasteiger partial charge on any atom is 0.264 e. The summed E-state index contributed by atoms with van der Waals surface area (Å²) >= 11 is 0. The number of benzene rings is 4. The summed E-state index contributed by atoms with van der Waals surface area (Å²) in [5.41, 5.74) is 11.7. The van der Waals surface area contributed by atoms with Crippen LogP contribution in [0.1, 0.15) is 65.6 Å². The number of phenols is 1. The highest BCUT2D eigenvalue weighted by atomic mass is 19.1. The molecule has 5 heterocycles. The number of phenolic OH excluding ortho intramolecular Hbond substituents is 1. The van der Waals surface area contributed by atoms with Crippen LogP contribution in [0, 0.1) is 31.0 Å². The molecule has 0 saturated carbocycles. The van der Waals surface area contributed by atoms with Gasteiger partial charge in [0, 0.05) is 99.9 Å². The van der Waals surface area contributed by atoms with E-state index in [9.17, 15) is 15.2 Å². The Morgan fingerprint density at radius 2 is 1.64 bits per heavy atom. The van der Waals surface area contributed by atoms with Gasteiger partial charge in [-0.25, -0.2) is 4.39 Å². The number of nitrogens with one attached hydrogen (secondary N) is 1. The van der Waals surface area contributed by atoms with Gasteiger partial charge in [-0.05, 0) is 109 Å². The quantitative estimate of drug-likeness (QED) is 0.0893. The smallest absolute Gasteiger partial charge is 0.264 e. The zero-order valence-electron chi connectivity index (χ0n) is 40.0. The lowest BCUT2D eigenvalue weighted by Gasteiger charge is -2.38. The van der Waals surface area contributed by atoms with Crippen LogP contribution in [0.5, 0.6) is 11.5 Å². The van der Waals surface area contributed by atoms with Gasteiger partial charge < -0.3 is 33.5 Å². The Kier molecular flexibility index (Phi) is 13.9. The van der Waals surface area contributed by atoms with Gasteiger partial charge in [0.1, 0.15) is 35.7 Å². The van der Waals surface area contributed by atoms with Crippen molar-refractivity contribution < 1.29 is 33.4 Å². The predicted molar refractivity (Wildman–Crippen MR) is 263 cm³/mol. The van der Waals surface area contributed by atoms with Crippen LogP contribution in [0.25, 0.3) is 11.3 Å². The third-order valence-electron chi connectivity index (χ3n) is 14.3. The van der Waals surface area contributed by atoms with Gasteiger partial charge in [-0.1, -0.05) is 30.3 Å². The highest BCUT2D eigenvalue weighted by molar-refractivity contribution is 6.13. The number of nitrogens with zero attached hydrogens (tertiary/aromatic N) is 7. The van der Waals surface area contributed by atoms with Gasteiger partial charge in [-0.3, -0.25) is 35.5 Å². The summed E-state index contributed by atoms with van der Waals surface area (Å²) in [5, 5.41) is 20.1. The number of nitriles is 1. The van der Waals surface area contributed by atoms with E-state index in [4.69, 9.17) is 15.3 Å². The second kappa shape index (κ2) is 20.4. The molecule has 2 aromatic heterocycles. The van der Waals surface area contributed by atoms with E-state index in [1.807, 2.05) is 66.8 Å². The second-order valence-corrected chi connectivity index (χ2v) is 18.3. The number of hydrogen-bond donors (Lipinski definition) is 3. The van der Waals surface area contributed by atoms with E-state index >= 15 is 14.0 Å². The number of carbonyl (C=O) groups excluding carboxylic acids is 3. The monoisotopic (exact) mass is 947 g/mol. The normalized spacial score (nSPS) is 15.8. The number of anilines is 2. The van der Waals surface area contributed by atoms with Gasteiger partial charge >= 0.3 is 0 Å². The molecule has 4 aromatic carbocycles. The SMILES string of the molecule is Cc1c(N(C(=O)c2cc(-c3cc4c(cc3C(=O)N3Cc5ccccc5C[C@H]3CNN)CN(C(=O)Cc3ccc(OCCN5CCOCC5)cc3F)CC4)n(C)c2C)c2ccc(O)cc2)cc(C#N)n1C. The van der Waals surface area contributed by atoms with Crippen molar-refractivity contribution in [3.05, 3.63) is 153 Å². The Labute approximate surface area is 407 Å². The summed E-state index contributed by atoms with van der Waals surface area (Å²) in [6.45, 7) is 9.15. The molecule has 9 rings (SSSR count). The number of aromatic hydroxyl groups is 1. The van der Waals surface area contributed by atoms with Crippen molar-refractivity contribution in [2.45, 2.75) is 52.2 Å². The minimum Gasteiger partial charge on any atom is -0.508 e. The summed E-state index contributed by atoms with van der Waals surface area (Å²) in [5.74, 6) is 5.03. The number of rotatable bonds is 13. The molecular weight excluding hydrogens is 890 g/mol. The first-order chi connectivity index (χ1) is 33.8. The van der Waals surface area contributed by atoms with Crippen LogP contribution in [-0.4, -0.2) is 105 Å². The molecule has 0 spiro atoms. The molecule has 3 aliphatic rings. The van der Waals surface area contributed by atoms with Crippen LogP contribution in [0.4, 0.5) is 15.8 Å². The zero-order chi connectivity index (χ0) is 49.2. The van der Waals surface area contributed by atoms with Crippen LogP contribution in [0.2, 0.25) is 0 Å². The van der Waals surface area contributed by atoms with E-state index in [1.54, 1.807) is 51.7 Å². The molecule has 0 radical (unpaired) electrons. The first-order valence-corrected chi connectivity index (χ1v) is 23.7. The van der Waals surface area contributed by atoms with Crippen LogP contribution in [0.15, 0.2) is 91.0 Å². The highest BCUT2D eigenvalue weighted by Crippen LogP contribution is 2.38. The molecule has 0 unspecified atom stereocenters. The second-order valence-electron chi connectivity index (χ2n) is 18.3. The van der Waals surface area contributed by atoms with Crippen molar-refractivity contribution in [3.63, 3.8) is 0 Å². The average Bonchev–Trinajstić information content (AvgIpc) is 3.83. The molecule has 3 aliphatic heterocycles. The Morgan fingerprint density at radius 1 is 0.886 bits per heavy atom. The van der Waals surface area contributed by atoms with Crippen molar-refractivity contribution in [2.24, 2.45) is 19.9 Å². The minimum atomic E-state index is -0.510. The summed E-state index contributed by atoms with van der Waals surface area (Å²) in [6.07, 6.45) is 0.936. The van der Waals surface area contributed by atoms with E-state index in [1.165, 1.54) is 18.2 Å². The molecule has 362 valence electrons. The van der Waals surface area contributed by atoms with E-state index in [2.05, 4.69) is 22.5 Å². The van der Waals surface area contributed by atoms with Crippen molar-refractivity contribution in [1.29, 1.82) is 5.26 Å². The number of nitrogens with two attached hydrogens (primary N) is 1. The molecule has 1 fully saturated rings. The third-order valence-corrected chi connectivity index (χ3v) is 14.3. The Bertz CT molecular complexity index is 3000. The van der Waals surface area contributed by atoms with Gasteiger partial charge in [-0.15, -0.1) is 0 Å². The topological polar surface area (TPSA) is 175 Å². The highest BCUT2D eigenvalue weighted by Gasteiger charge is 2.35. The van der Waals surface area contributed by atoms with Crippen LogP contribution >= 0.6 is 0 Å². The average molecular weight is 948 g/mol. The zero-order valence-corrected chi connectivity index (χ0v) is 40.0. The van der Waals surface area contributed by atoms with Crippen molar-refractivity contribution in [2.75, 3.05) is 57.4 Å². The number of aromatic nitrogens is 2. The molecule has 0 bridgehead atoms. The Balaban J connectivity index is 1.05. The number of hydrogen-bond acceptors (Lipinski definition) is 10. The number of morpholine rings is 1. The minimum absolute atomic E-state index is 0.0380. The Hall–Kier alpha value is -7.29. The molecule has 0 aliphatic carbocycles. The van der Waals surface area contributed by atoms with Gasteiger partial charge in [0.25, 0.3) is 11.8 Å². The fraction of sp³-hybridized carbons (Fsp3) is 0.333. The van der Waals surface area contributed by atoms with Crippen LogP contribution < -0.4 is 20.9 Å². The lowest BCUT2D eigenvalue weighted by molar-refractivity contribution is -0.131. The maximum absolute atomic E-state index is 15.5. The fourth-order valence-corrected chi connectivity index (χ4v) is 9.94. The molecule has 1 atom stereocenters. The van der Waals surface area contributed by atoms with Gasteiger partial charge in [0.15, 0.2) is 0 Å². The molecule has 1 saturated heterocycles. The number of hydrazine groups is 1. The fourth-order valence-electron chi connectivity index (χ4n) is 9.94. The van der Waals surface area contributed by atoms with E-state index in [-0.39, 0.29) is 48.0 Å².